The molecule has 2 heteroatoms. The van der Waals surface area contributed by atoms with Gasteiger partial charge in [-0.25, -0.2) is 0 Å². The van der Waals surface area contributed by atoms with Crippen LogP contribution in [0.3, 0.4) is 0 Å². The Hall–Kier alpha value is -1.02. The van der Waals surface area contributed by atoms with E-state index in [1.165, 1.54) is 37.9 Å². The van der Waals surface area contributed by atoms with E-state index in [0.29, 0.717) is 0 Å². The smallest absolute Gasteiger partial charge is 0.118 e. The van der Waals surface area contributed by atoms with Gasteiger partial charge < -0.3 is 10.1 Å². The summed E-state index contributed by atoms with van der Waals surface area (Å²) in [5.74, 6) is 1.76. The molecule has 1 saturated heterocycles. The van der Waals surface area contributed by atoms with Crippen molar-refractivity contribution in [3.8, 4) is 5.75 Å². The Balaban J connectivity index is 1.91. The molecule has 1 fully saturated rings. The first-order chi connectivity index (χ1) is 7.38. The van der Waals surface area contributed by atoms with Crippen LogP contribution >= 0.6 is 0 Å². The van der Waals surface area contributed by atoms with Gasteiger partial charge in [0.15, 0.2) is 0 Å². The lowest BCUT2D eigenvalue weighted by Crippen LogP contribution is -2.30. The summed E-state index contributed by atoms with van der Waals surface area (Å²) in [4.78, 5) is 0. The average molecular weight is 205 g/mol. The zero-order valence-electron chi connectivity index (χ0n) is 9.33. The van der Waals surface area contributed by atoms with E-state index in [4.69, 9.17) is 4.74 Å². The average Bonchev–Trinajstić information content (AvgIpc) is 2.31. The first-order valence-electron chi connectivity index (χ1n) is 5.72. The van der Waals surface area contributed by atoms with Crippen molar-refractivity contribution in [3.63, 3.8) is 0 Å². The maximum absolute atomic E-state index is 5.15. The summed E-state index contributed by atoms with van der Waals surface area (Å²) in [6, 6.07) is 8.44. The van der Waals surface area contributed by atoms with Crippen molar-refractivity contribution in [3.05, 3.63) is 29.8 Å². The molecular weight excluding hydrogens is 186 g/mol. The van der Waals surface area contributed by atoms with E-state index in [-0.39, 0.29) is 0 Å². The molecule has 1 heterocycles. The Bertz CT molecular complexity index is 288. The third-order valence-corrected chi connectivity index (χ3v) is 3.08. The molecule has 82 valence electrons. The summed E-state index contributed by atoms with van der Waals surface area (Å²) in [6.45, 7) is 2.37. The Morgan fingerprint density at radius 1 is 1.33 bits per heavy atom. The zero-order valence-corrected chi connectivity index (χ0v) is 9.33. The van der Waals surface area contributed by atoms with E-state index in [0.717, 1.165) is 11.7 Å². The fourth-order valence-corrected chi connectivity index (χ4v) is 2.19. The number of hydrogen-bond acceptors (Lipinski definition) is 2. The number of piperidine rings is 1. The lowest BCUT2D eigenvalue weighted by Gasteiger charge is -2.22. The topological polar surface area (TPSA) is 21.3 Å². The van der Waals surface area contributed by atoms with Crippen LogP contribution in [0.2, 0.25) is 0 Å². The van der Waals surface area contributed by atoms with Gasteiger partial charge in [0.05, 0.1) is 7.11 Å². The van der Waals surface area contributed by atoms with Gasteiger partial charge in [-0.2, -0.15) is 0 Å². The number of ether oxygens (including phenoxy) is 1. The number of nitrogens with one attached hydrogen (secondary N) is 1. The van der Waals surface area contributed by atoms with E-state index in [1.807, 2.05) is 12.1 Å². The molecule has 2 rings (SSSR count). The zero-order chi connectivity index (χ0) is 10.5. The van der Waals surface area contributed by atoms with Crippen molar-refractivity contribution >= 4 is 0 Å². The Labute approximate surface area is 91.6 Å². The third kappa shape index (κ3) is 2.96. The molecule has 1 aromatic rings. The molecule has 0 amide bonds. The SMILES string of the molecule is COc1ccc(CC2CCCNC2)cc1. The minimum Gasteiger partial charge on any atom is -0.497 e. The van der Waals surface area contributed by atoms with Gasteiger partial charge in [0.1, 0.15) is 5.75 Å². The Morgan fingerprint density at radius 3 is 2.73 bits per heavy atom. The molecule has 2 nitrogen and oxygen atoms in total. The number of rotatable bonds is 3. The molecule has 0 radical (unpaired) electrons. The van der Waals surface area contributed by atoms with Gasteiger partial charge >= 0.3 is 0 Å². The number of benzene rings is 1. The molecule has 1 aliphatic heterocycles. The second kappa shape index (κ2) is 5.17. The van der Waals surface area contributed by atoms with Gasteiger partial charge in [0.2, 0.25) is 0 Å². The molecule has 1 aromatic carbocycles. The first kappa shape index (κ1) is 10.5. The van der Waals surface area contributed by atoms with Gasteiger partial charge in [0.25, 0.3) is 0 Å². The lowest BCUT2D eigenvalue weighted by molar-refractivity contribution is 0.375. The van der Waals surface area contributed by atoms with Gasteiger partial charge in [-0.15, -0.1) is 0 Å². The number of hydrogen-bond donors (Lipinski definition) is 1. The van der Waals surface area contributed by atoms with Crippen LogP contribution in [0.5, 0.6) is 5.75 Å². The Morgan fingerprint density at radius 2 is 2.13 bits per heavy atom. The van der Waals surface area contributed by atoms with E-state index in [1.54, 1.807) is 7.11 Å². The van der Waals surface area contributed by atoms with Crippen LogP contribution in [0.1, 0.15) is 18.4 Å². The first-order valence-corrected chi connectivity index (χ1v) is 5.72. The minimum atomic E-state index is 0.812. The third-order valence-electron chi connectivity index (χ3n) is 3.08. The normalized spacial score (nSPS) is 21.3. The van der Waals surface area contributed by atoms with Crippen LogP contribution < -0.4 is 10.1 Å². The highest BCUT2D eigenvalue weighted by atomic mass is 16.5. The molecule has 0 saturated carbocycles. The quantitative estimate of drug-likeness (QED) is 0.817. The second-order valence-corrected chi connectivity index (χ2v) is 4.26. The summed E-state index contributed by atoms with van der Waals surface area (Å²) in [5.41, 5.74) is 1.42. The van der Waals surface area contributed by atoms with Crippen LogP contribution in [0, 0.1) is 5.92 Å². The molecule has 0 aromatic heterocycles. The molecular formula is C13H19NO. The number of methoxy groups -OCH3 is 1. The molecule has 0 bridgehead atoms. The van der Waals surface area contributed by atoms with Crippen LogP contribution in [-0.4, -0.2) is 20.2 Å². The predicted octanol–water partition coefficient (Wildman–Crippen LogP) is 2.24. The lowest BCUT2D eigenvalue weighted by atomic mass is 9.92. The molecule has 1 atom stereocenters. The molecule has 0 spiro atoms. The van der Waals surface area contributed by atoms with E-state index < -0.39 is 0 Å². The minimum absolute atomic E-state index is 0.812. The highest BCUT2D eigenvalue weighted by molar-refractivity contribution is 5.27. The molecule has 1 aliphatic rings. The van der Waals surface area contributed by atoms with Gasteiger partial charge in [-0.1, -0.05) is 12.1 Å². The summed E-state index contributed by atoms with van der Waals surface area (Å²) >= 11 is 0. The fourth-order valence-electron chi connectivity index (χ4n) is 2.19. The van der Waals surface area contributed by atoms with Crippen LogP contribution in [0.15, 0.2) is 24.3 Å². The van der Waals surface area contributed by atoms with Crippen LogP contribution in [0.25, 0.3) is 0 Å². The maximum atomic E-state index is 5.15. The molecule has 1 unspecified atom stereocenters. The standard InChI is InChI=1S/C13H19NO/c1-15-13-6-4-11(5-7-13)9-12-3-2-8-14-10-12/h4-7,12,14H,2-3,8-10H2,1H3. The molecule has 0 aliphatic carbocycles. The fraction of sp³-hybridized carbons (Fsp3) is 0.538. The van der Waals surface area contributed by atoms with E-state index >= 15 is 0 Å². The second-order valence-electron chi connectivity index (χ2n) is 4.26. The summed E-state index contributed by atoms with van der Waals surface area (Å²) < 4.78 is 5.15. The van der Waals surface area contributed by atoms with Crippen molar-refractivity contribution in [1.29, 1.82) is 0 Å². The van der Waals surface area contributed by atoms with E-state index in [9.17, 15) is 0 Å². The van der Waals surface area contributed by atoms with Crippen molar-refractivity contribution in [2.75, 3.05) is 20.2 Å². The monoisotopic (exact) mass is 205 g/mol. The maximum Gasteiger partial charge on any atom is 0.118 e. The summed E-state index contributed by atoms with van der Waals surface area (Å²) in [5, 5.41) is 3.45. The van der Waals surface area contributed by atoms with Gasteiger partial charge in [-0.3, -0.25) is 0 Å². The van der Waals surface area contributed by atoms with Crippen LogP contribution in [0.4, 0.5) is 0 Å². The summed E-state index contributed by atoms with van der Waals surface area (Å²) in [6.07, 6.45) is 3.87. The van der Waals surface area contributed by atoms with Crippen molar-refractivity contribution in [2.45, 2.75) is 19.3 Å². The van der Waals surface area contributed by atoms with Crippen molar-refractivity contribution in [1.82, 2.24) is 5.32 Å². The summed E-state index contributed by atoms with van der Waals surface area (Å²) in [7, 11) is 1.71. The van der Waals surface area contributed by atoms with Gasteiger partial charge in [-0.05, 0) is 56.0 Å². The highest BCUT2D eigenvalue weighted by Crippen LogP contribution is 2.18. The Kier molecular flexibility index (Phi) is 3.62. The largest absolute Gasteiger partial charge is 0.497 e. The van der Waals surface area contributed by atoms with E-state index in [2.05, 4.69) is 17.4 Å². The molecule has 1 N–H and O–H groups in total. The van der Waals surface area contributed by atoms with Gasteiger partial charge in [0, 0.05) is 0 Å². The van der Waals surface area contributed by atoms with Crippen molar-refractivity contribution < 1.29 is 4.74 Å². The van der Waals surface area contributed by atoms with Crippen molar-refractivity contribution in [2.24, 2.45) is 5.92 Å². The predicted molar refractivity (Wildman–Crippen MR) is 62.3 cm³/mol. The highest BCUT2D eigenvalue weighted by Gasteiger charge is 2.13. The van der Waals surface area contributed by atoms with Crippen LogP contribution in [-0.2, 0) is 6.42 Å². The molecule has 15 heavy (non-hydrogen) atoms.